The normalized spacial score (nSPS) is 10.5. The fourth-order valence-corrected chi connectivity index (χ4v) is 2.27. The van der Waals surface area contributed by atoms with Gasteiger partial charge in [-0.15, -0.1) is 0 Å². The Morgan fingerprint density at radius 3 is 2.32 bits per heavy atom. The molecule has 0 aliphatic carbocycles. The zero-order chi connectivity index (χ0) is 15.8. The van der Waals surface area contributed by atoms with Gasteiger partial charge in [0.05, 0.1) is 12.2 Å². The summed E-state index contributed by atoms with van der Waals surface area (Å²) in [6, 6.07) is 13.6. The van der Waals surface area contributed by atoms with E-state index in [-0.39, 0.29) is 11.8 Å². The van der Waals surface area contributed by atoms with Crippen LogP contribution in [0.2, 0.25) is 0 Å². The Kier molecular flexibility index (Phi) is 5.95. The lowest BCUT2D eigenvalue weighted by atomic mass is 10.0. The lowest BCUT2D eigenvalue weighted by Crippen LogP contribution is -2.21. The van der Waals surface area contributed by atoms with Gasteiger partial charge in [-0.25, -0.2) is 0 Å². The van der Waals surface area contributed by atoms with E-state index in [2.05, 4.69) is 15.6 Å². The van der Waals surface area contributed by atoms with E-state index in [1.807, 2.05) is 56.3 Å². The van der Waals surface area contributed by atoms with Gasteiger partial charge in [0.2, 0.25) is 5.91 Å². The summed E-state index contributed by atoms with van der Waals surface area (Å²) in [6.45, 7) is 4.76. The van der Waals surface area contributed by atoms with Crippen molar-refractivity contribution in [3.8, 4) is 0 Å². The molecule has 0 atom stereocenters. The monoisotopic (exact) mass is 297 g/mol. The van der Waals surface area contributed by atoms with Crippen molar-refractivity contribution in [1.82, 2.24) is 4.98 Å². The average molecular weight is 297 g/mol. The highest BCUT2D eigenvalue weighted by Gasteiger charge is 2.13. The molecule has 0 bridgehead atoms. The molecule has 4 heteroatoms. The van der Waals surface area contributed by atoms with Gasteiger partial charge in [0, 0.05) is 23.5 Å². The standard InChI is InChI=1S/C18H23N3O/c1-3-14(4-2)18(22)21-16-10-8-15(9-11-16)20-13-17-7-5-6-12-19-17/h5-12,14,20H,3-4,13H2,1-2H3,(H,21,22). The van der Waals surface area contributed by atoms with Gasteiger partial charge in [0.15, 0.2) is 0 Å². The van der Waals surface area contributed by atoms with Crippen molar-refractivity contribution in [3.05, 3.63) is 54.4 Å². The van der Waals surface area contributed by atoms with Crippen LogP contribution in [-0.2, 0) is 11.3 Å². The first-order chi connectivity index (χ1) is 10.7. The summed E-state index contributed by atoms with van der Waals surface area (Å²) >= 11 is 0. The number of aromatic nitrogens is 1. The molecule has 0 saturated carbocycles. The van der Waals surface area contributed by atoms with Crippen LogP contribution in [0.3, 0.4) is 0 Å². The number of carbonyl (C=O) groups is 1. The Morgan fingerprint density at radius 2 is 1.73 bits per heavy atom. The van der Waals surface area contributed by atoms with E-state index in [0.717, 1.165) is 29.9 Å². The zero-order valence-electron chi connectivity index (χ0n) is 13.2. The maximum Gasteiger partial charge on any atom is 0.227 e. The van der Waals surface area contributed by atoms with Crippen molar-refractivity contribution in [2.75, 3.05) is 10.6 Å². The third-order valence-corrected chi connectivity index (χ3v) is 3.71. The lowest BCUT2D eigenvalue weighted by Gasteiger charge is -2.13. The first-order valence-corrected chi connectivity index (χ1v) is 7.77. The smallest absolute Gasteiger partial charge is 0.227 e. The van der Waals surface area contributed by atoms with E-state index < -0.39 is 0 Å². The van der Waals surface area contributed by atoms with Crippen LogP contribution < -0.4 is 10.6 Å². The molecule has 1 aromatic heterocycles. The molecule has 0 aliphatic heterocycles. The number of benzene rings is 1. The number of nitrogens with zero attached hydrogens (tertiary/aromatic N) is 1. The van der Waals surface area contributed by atoms with Gasteiger partial charge >= 0.3 is 0 Å². The van der Waals surface area contributed by atoms with Crippen molar-refractivity contribution in [3.63, 3.8) is 0 Å². The Bertz CT molecular complexity index is 577. The summed E-state index contributed by atoms with van der Waals surface area (Å²) in [4.78, 5) is 16.3. The molecule has 0 aliphatic rings. The molecule has 0 fully saturated rings. The number of hydrogen-bond acceptors (Lipinski definition) is 3. The Morgan fingerprint density at radius 1 is 1.05 bits per heavy atom. The molecule has 0 unspecified atom stereocenters. The van der Waals surface area contributed by atoms with Gasteiger partial charge in [-0.3, -0.25) is 9.78 Å². The summed E-state index contributed by atoms with van der Waals surface area (Å²) < 4.78 is 0. The quantitative estimate of drug-likeness (QED) is 0.810. The molecule has 2 aromatic rings. The van der Waals surface area contributed by atoms with Crippen molar-refractivity contribution >= 4 is 17.3 Å². The predicted octanol–water partition coefficient (Wildman–Crippen LogP) is 4.07. The van der Waals surface area contributed by atoms with Crippen molar-refractivity contribution < 1.29 is 4.79 Å². The van der Waals surface area contributed by atoms with E-state index in [0.29, 0.717) is 6.54 Å². The van der Waals surface area contributed by atoms with Crippen LogP contribution in [-0.4, -0.2) is 10.9 Å². The molecule has 1 heterocycles. The van der Waals surface area contributed by atoms with Gasteiger partial charge < -0.3 is 10.6 Å². The molecule has 0 spiro atoms. The maximum absolute atomic E-state index is 12.0. The minimum absolute atomic E-state index is 0.0851. The Labute approximate surface area is 132 Å². The molecule has 0 radical (unpaired) electrons. The van der Waals surface area contributed by atoms with E-state index in [1.54, 1.807) is 6.20 Å². The fraction of sp³-hybridized carbons (Fsp3) is 0.333. The highest BCUT2D eigenvalue weighted by molar-refractivity contribution is 5.92. The number of pyridine rings is 1. The first kappa shape index (κ1) is 16.0. The highest BCUT2D eigenvalue weighted by atomic mass is 16.1. The fourth-order valence-electron chi connectivity index (χ4n) is 2.27. The van der Waals surface area contributed by atoms with Gasteiger partial charge in [0.25, 0.3) is 0 Å². The molecule has 0 saturated heterocycles. The van der Waals surface area contributed by atoms with Crippen molar-refractivity contribution in [1.29, 1.82) is 0 Å². The lowest BCUT2D eigenvalue weighted by molar-refractivity contribution is -0.120. The van der Waals surface area contributed by atoms with Crippen LogP contribution in [0.1, 0.15) is 32.4 Å². The number of amides is 1. The molecule has 1 aromatic carbocycles. The summed E-state index contributed by atoms with van der Waals surface area (Å²) in [5.41, 5.74) is 2.83. The van der Waals surface area contributed by atoms with Crippen LogP contribution in [0.5, 0.6) is 0 Å². The van der Waals surface area contributed by atoms with E-state index >= 15 is 0 Å². The van der Waals surface area contributed by atoms with Crippen LogP contribution in [0, 0.1) is 5.92 Å². The van der Waals surface area contributed by atoms with Gasteiger partial charge in [-0.05, 0) is 49.2 Å². The first-order valence-electron chi connectivity index (χ1n) is 7.77. The molecular weight excluding hydrogens is 274 g/mol. The van der Waals surface area contributed by atoms with Gasteiger partial charge in [-0.1, -0.05) is 19.9 Å². The van der Waals surface area contributed by atoms with Gasteiger partial charge in [0.1, 0.15) is 0 Å². The summed E-state index contributed by atoms with van der Waals surface area (Å²) in [5.74, 6) is 0.182. The number of carbonyl (C=O) groups excluding carboxylic acids is 1. The topological polar surface area (TPSA) is 54.0 Å². The van der Waals surface area contributed by atoms with E-state index in [1.165, 1.54) is 0 Å². The summed E-state index contributed by atoms with van der Waals surface area (Å²) in [5, 5.41) is 6.28. The largest absolute Gasteiger partial charge is 0.379 e. The molecule has 4 nitrogen and oxygen atoms in total. The minimum Gasteiger partial charge on any atom is -0.379 e. The van der Waals surface area contributed by atoms with E-state index in [4.69, 9.17) is 0 Å². The zero-order valence-corrected chi connectivity index (χ0v) is 13.2. The van der Waals surface area contributed by atoms with Crippen LogP contribution in [0.25, 0.3) is 0 Å². The Hall–Kier alpha value is -2.36. The molecule has 22 heavy (non-hydrogen) atoms. The third kappa shape index (κ3) is 4.58. The van der Waals surface area contributed by atoms with Crippen LogP contribution in [0.15, 0.2) is 48.7 Å². The predicted molar refractivity (Wildman–Crippen MR) is 90.7 cm³/mol. The second kappa shape index (κ2) is 8.17. The van der Waals surface area contributed by atoms with E-state index in [9.17, 15) is 4.79 Å². The Balaban J connectivity index is 1.89. The SMILES string of the molecule is CCC(CC)C(=O)Nc1ccc(NCc2ccccn2)cc1. The minimum atomic E-state index is 0.0851. The highest BCUT2D eigenvalue weighted by Crippen LogP contribution is 2.16. The second-order valence-electron chi connectivity index (χ2n) is 5.25. The molecule has 2 N–H and O–H groups in total. The van der Waals surface area contributed by atoms with Crippen LogP contribution in [0.4, 0.5) is 11.4 Å². The molecule has 2 rings (SSSR count). The number of hydrogen-bond donors (Lipinski definition) is 2. The maximum atomic E-state index is 12.0. The number of rotatable bonds is 7. The van der Waals surface area contributed by atoms with Gasteiger partial charge in [-0.2, -0.15) is 0 Å². The molecule has 1 amide bonds. The number of nitrogens with one attached hydrogen (secondary N) is 2. The summed E-state index contributed by atoms with van der Waals surface area (Å²) in [7, 11) is 0. The molecule has 116 valence electrons. The van der Waals surface area contributed by atoms with Crippen LogP contribution >= 0.6 is 0 Å². The van der Waals surface area contributed by atoms with Crippen molar-refractivity contribution in [2.45, 2.75) is 33.2 Å². The molecular formula is C18H23N3O. The third-order valence-electron chi connectivity index (χ3n) is 3.71. The number of anilines is 2. The average Bonchev–Trinajstić information content (AvgIpc) is 2.56. The summed E-state index contributed by atoms with van der Waals surface area (Å²) in [6.07, 6.45) is 3.52. The second-order valence-corrected chi connectivity index (χ2v) is 5.25. The van der Waals surface area contributed by atoms with Crippen molar-refractivity contribution in [2.24, 2.45) is 5.92 Å².